The van der Waals surface area contributed by atoms with Crippen molar-refractivity contribution in [3.05, 3.63) is 73.8 Å². The Kier molecular flexibility index (Phi) is 4.85. The molecule has 2 aromatic carbocycles. The highest BCUT2D eigenvalue weighted by atomic mass is 32.1. The number of aromatic amines is 1. The number of rotatable bonds is 3. The second kappa shape index (κ2) is 7.34. The van der Waals surface area contributed by atoms with Gasteiger partial charge < -0.3 is 4.98 Å². The number of fused-ring (bicyclic) bond motifs is 1. The SMILES string of the molecule is Cc1sc(NC(=O)c2ccc3c(=O)n(C)c(=S)[nH]c3c2)nc1-c1ccc(F)cc1. The molecule has 0 spiro atoms. The molecule has 1 amide bonds. The first-order valence-electron chi connectivity index (χ1n) is 8.61. The lowest BCUT2D eigenvalue weighted by Crippen LogP contribution is -2.19. The molecule has 4 aromatic rings. The van der Waals surface area contributed by atoms with Crippen LogP contribution in [-0.2, 0) is 7.05 Å². The van der Waals surface area contributed by atoms with Gasteiger partial charge in [0.15, 0.2) is 9.90 Å². The Morgan fingerprint density at radius 2 is 1.97 bits per heavy atom. The summed E-state index contributed by atoms with van der Waals surface area (Å²) in [5.41, 5.74) is 2.10. The van der Waals surface area contributed by atoms with Crippen LogP contribution in [0.15, 0.2) is 47.3 Å². The first-order chi connectivity index (χ1) is 13.8. The van der Waals surface area contributed by atoms with Crippen molar-refractivity contribution >= 4 is 45.5 Å². The lowest BCUT2D eigenvalue weighted by atomic mass is 10.1. The van der Waals surface area contributed by atoms with Crippen LogP contribution in [0.1, 0.15) is 15.2 Å². The minimum Gasteiger partial charge on any atom is -0.332 e. The number of amides is 1. The normalized spacial score (nSPS) is 11.0. The maximum absolute atomic E-state index is 13.1. The van der Waals surface area contributed by atoms with E-state index in [1.165, 1.54) is 28.0 Å². The molecule has 0 aliphatic rings. The van der Waals surface area contributed by atoms with Crippen molar-refractivity contribution in [2.24, 2.45) is 7.05 Å². The molecule has 0 fully saturated rings. The molecule has 2 N–H and O–H groups in total. The molecule has 0 aliphatic carbocycles. The van der Waals surface area contributed by atoms with Crippen molar-refractivity contribution in [1.29, 1.82) is 0 Å². The number of hydrogen-bond donors (Lipinski definition) is 2. The zero-order valence-electron chi connectivity index (χ0n) is 15.4. The molecule has 2 heterocycles. The van der Waals surface area contributed by atoms with Crippen molar-refractivity contribution in [2.45, 2.75) is 6.92 Å². The number of thiazole rings is 1. The number of carbonyl (C=O) groups is 1. The van der Waals surface area contributed by atoms with Gasteiger partial charge in [-0.1, -0.05) is 0 Å². The molecule has 146 valence electrons. The minimum absolute atomic E-state index is 0.227. The average Bonchev–Trinajstić information content (AvgIpc) is 3.06. The van der Waals surface area contributed by atoms with Gasteiger partial charge in [0.25, 0.3) is 11.5 Å². The zero-order chi connectivity index (χ0) is 20.7. The molecular weight excluding hydrogens is 411 g/mol. The van der Waals surface area contributed by atoms with Crippen LogP contribution in [0.25, 0.3) is 22.2 Å². The van der Waals surface area contributed by atoms with Crippen LogP contribution in [0.3, 0.4) is 0 Å². The summed E-state index contributed by atoms with van der Waals surface area (Å²) in [6, 6.07) is 10.8. The molecule has 4 rings (SSSR count). The lowest BCUT2D eigenvalue weighted by Gasteiger charge is -2.05. The predicted octanol–water partition coefficient (Wildman–Crippen LogP) is 4.42. The van der Waals surface area contributed by atoms with Crippen molar-refractivity contribution in [3.8, 4) is 11.3 Å². The molecule has 0 aliphatic heterocycles. The number of halogens is 1. The molecule has 0 unspecified atom stereocenters. The summed E-state index contributed by atoms with van der Waals surface area (Å²) in [5, 5.41) is 3.66. The second-order valence-corrected chi connectivity index (χ2v) is 8.03. The van der Waals surface area contributed by atoms with E-state index in [0.29, 0.717) is 27.3 Å². The number of anilines is 1. The maximum atomic E-state index is 13.1. The number of nitrogens with zero attached hydrogens (tertiary/aromatic N) is 2. The van der Waals surface area contributed by atoms with Gasteiger partial charge in [-0.2, -0.15) is 0 Å². The third-order valence-corrected chi connectivity index (χ3v) is 5.76. The van der Waals surface area contributed by atoms with Gasteiger partial charge in [0, 0.05) is 23.1 Å². The fraction of sp³-hybridized carbons (Fsp3) is 0.100. The van der Waals surface area contributed by atoms with Crippen LogP contribution < -0.4 is 10.9 Å². The molecule has 29 heavy (non-hydrogen) atoms. The molecule has 2 aromatic heterocycles. The average molecular weight is 426 g/mol. The van der Waals surface area contributed by atoms with Gasteiger partial charge in [-0.15, -0.1) is 11.3 Å². The van der Waals surface area contributed by atoms with Gasteiger partial charge >= 0.3 is 0 Å². The van der Waals surface area contributed by atoms with E-state index < -0.39 is 0 Å². The Hall–Kier alpha value is -3.17. The van der Waals surface area contributed by atoms with E-state index in [1.54, 1.807) is 37.4 Å². The van der Waals surface area contributed by atoms with Gasteiger partial charge in [0.2, 0.25) is 0 Å². The van der Waals surface area contributed by atoms with Gasteiger partial charge in [-0.3, -0.25) is 19.5 Å². The third-order valence-electron chi connectivity index (χ3n) is 4.50. The molecule has 9 heteroatoms. The summed E-state index contributed by atoms with van der Waals surface area (Å²) in [6.07, 6.45) is 0. The summed E-state index contributed by atoms with van der Waals surface area (Å²) in [6.45, 7) is 1.89. The minimum atomic E-state index is -0.355. The Morgan fingerprint density at radius 1 is 1.24 bits per heavy atom. The van der Waals surface area contributed by atoms with E-state index in [1.807, 2.05) is 6.92 Å². The fourth-order valence-electron chi connectivity index (χ4n) is 2.94. The van der Waals surface area contributed by atoms with Crippen LogP contribution in [0.5, 0.6) is 0 Å². The molecule has 0 radical (unpaired) electrons. The molecule has 0 saturated carbocycles. The Labute approximate surface area is 173 Å². The number of nitrogens with one attached hydrogen (secondary N) is 2. The number of aromatic nitrogens is 3. The number of benzene rings is 2. The highest BCUT2D eigenvalue weighted by Crippen LogP contribution is 2.30. The van der Waals surface area contributed by atoms with E-state index in [2.05, 4.69) is 15.3 Å². The summed E-state index contributed by atoms with van der Waals surface area (Å²) < 4.78 is 14.8. The number of carbonyl (C=O) groups excluding carboxylic acids is 1. The maximum Gasteiger partial charge on any atom is 0.261 e. The van der Waals surface area contributed by atoms with Crippen LogP contribution in [0, 0.1) is 17.5 Å². The molecule has 0 atom stereocenters. The summed E-state index contributed by atoms with van der Waals surface area (Å²) in [7, 11) is 1.59. The van der Waals surface area contributed by atoms with E-state index in [4.69, 9.17) is 12.2 Å². The molecular formula is C20H15FN4O2S2. The summed E-state index contributed by atoms with van der Waals surface area (Å²) in [4.78, 5) is 33.3. The first-order valence-corrected chi connectivity index (χ1v) is 9.84. The van der Waals surface area contributed by atoms with Crippen LogP contribution >= 0.6 is 23.6 Å². The Bertz CT molecular complexity index is 1370. The van der Waals surface area contributed by atoms with Crippen molar-refractivity contribution in [2.75, 3.05) is 5.32 Å². The summed E-state index contributed by atoms with van der Waals surface area (Å²) in [5.74, 6) is -0.674. The van der Waals surface area contributed by atoms with Crippen LogP contribution in [-0.4, -0.2) is 20.4 Å². The molecule has 6 nitrogen and oxygen atoms in total. The number of aryl methyl sites for hydroxylation is 1. The zero-order valence-corrected chi connectivity index (χ0v) is 17.1. The largest absolute Gasteiger partial charge is 0.332 e. The topological polar surface area (TPSA) is 79.8 Å². The van der Waals surface area contributed by atoms with E-state index in [0.717, 1.165) is 10.4 Å². The van der Waals surface area contributed by atoms with Gasteiger partial charge in [0.05, 0.1) is 16.6 Å². The van der Waals surface area contributed by atoms with Gasteiger partial charge in [-0.25, -0.2) is 9.37 Å². The smallest absolute Gasteiger partial charge is 0.261 e. The second-order valence-electron chi connectivity index (χ2n) is 6.44. The third kappa shape index (κ3) is 3.62. The highest BCUT2D eigenvalue weighted by molar-refractivity contribution is 7.71. The van der Waals surface area contributed by atoms with Gasteiger partial charge in [-0.05, 0) is 61.6 Å². The van der Waals surface area contributed by atoms with Crippen molar-refractivity contribution in [1.82, 2.24) is 14.5 Å². The lowest BCUT2D eigenvalue weighted by molar-refractivity contribution is 0.102. The Morgan fingerprint density at radius 3 is 2.69 bits per heavy atom. The summed E-state index contributed by atoms with van der Waals surface area (Å²) >= 11 is 6.46. The van der Waals surface area contributed by atoms with Crippen molar-refractivity contribution in [3.63, 3.8) is 0 Å². The van der Waals surface area contributed by atoms with Crippen LogP contribution in [0.2, 0.25) is 0 Å². The monoisotopic (exact) mass is 426 g/mol. The number of H-pyrrole nitrogens is 1. The quantitative estimate of drug-likeness (QED) is 0.475. The predicted molar refractivity (Wildman–Crippen MR) is 115 cm³/mol. The van der Waals surface area contributed by atoms with E-state index >= 15 is 0 Å². The standard InChI is InChI=1S/C20H15FN4O2S2/c1-10-16(11-3-6-13(21)7-4-11)23-19(29-10)24-17(26)12-5-8-14-15(9-12)22-20(28)25(2)18(14)27/h3-9H,1-2H3,(H,22,28)(H,23,24,26). The first kappa shape index (κ1) is 19.2. The van der Waals surface area contributed by atoms with Gasteiger partial charge in [0.1, 0.15) is 5.82 Å². The molecule has 0 bridgehead atoms. The Balaban J connectivity index is 1.64. The highest BCUT2D eigenvalue weighted by Gasteiger charge is 2.14. The van der Waals surface area contributed by atoms with Crippen molar-refractivity contribution < 1.29 is 9.18 Å². The van der Waals surface area contributed by atoms with E-state index in [-0.39, 0.29) is 22.1 Å². The van der Waals surface area contributed by atoms with Crippen LogP contribution in [0.4, 0.5) is 9.52 Å². The van der Waals surface area contributed by atoms with E-state index in [9.17, 15) is 14.0 Å². The molecule has 0 saturated heterocycles. The fourth-order valence-corrected chi connectivity index (χ4v) is 3.97. The number of hydrogen-bond acceptors (Lipinski definition) is 5.